The molecule has 0 aliphatic carbocycles. The Hall–Kier alpha value is 0.520. The minimum atomic E-state index is -0.907. The van der Waals surface area contributed by atoms with Crippen LogP contribution in [0.2, 0.25) is 0 Å². The Morgan fingerprint density at radius 1 is 1.19 bits per heavy atom. The first-order valence-corrected chi connectivity index (χ1v) is 7.11. The van der Waals surface area contributed by atoms with Crippen LogP contribution < -0.4 is 0 Å². The van der Waals surface area contributed by atoms with Crippen molar-refractivity contribution in [3.63, 3.8) is 0 Å². The van der Waals surface area contributed by atoms with Crippen molar-refractivity contribution in [3.05, 3.63) is 0 Å². The van der Waals surface area contributed by atoms with Gasteiger partial charge in [0.2, 0.25) is 0 Å². The number of ether oxygens (including phenoxy) is 1. The summed E-state index contributed by atoms with van der Waals surface area (Å²) in [6.45, 7) is 4.54. The van der Waals surface area contributed by atoms with Gasteiger partial charge in [0.15, 0.2) is 0 Å². The summed E-state index contributed by atoms with van der Waals surface area (Å²) in [4.78, 5) is 11.7. The lowest BCUT2D eigenvalue weighted by molar-refractivity contribution is -0.148. The van der Waals surface area contributed by atoms with E-state index < -0.39 is 3.41 Å². The van der Waals surface area contributed by atoms with Crippen molar-refractivity contribution >= 4 is 43.9 Å². The smallest absolute Gasteiger partial charge is 0.312 e. The van der Waals surface area contributed by atoms with Gasteiger partial charge in [0, 0.05) is 0 Å². The molecule has 2 nitrogen and oxygen atoms in total. The molecular weight excluding hydrogens is 260 g/mol. The fourth-order valence-electron chi connectivity index (χ4n) is 1.40. The molecule has 0 N–H and O–H groups in total. The van der Waals surface area contributed by atoms with Crippen LogP contribution in [0.15, 0.2) is 0 Å². The predicted octanol–water partition coefficient (Wildman–Crippen LogP) is 3.58. The quantitative estimate of drug-likeness (QED) is 0.275. The van der Waals surface area contributed by atoms with E-state index in [1.54, 1.807) is 0 Å². The van der Waals surface area contributed by atoms with E-state index in [4.69, 9.17) is 4.74 Å². The van der Waals surface area contributed by atoms with Gasteiger partial charge >= 0.3 is 5.97 Å². The third-order valence-corrected chi connectivity index (χ3v) is 3.34. The van der Waals surface area contributed by atoms with E-state index in [-0.39, 0.29) is 11.9 Å². The second kappa shape index (κ2) is 8.59. The predicted molar refractivity (Wildman–Crippen MR) is 78.6 cm³/mol. The maximum Gasteiger partial charge on any atom is 0.312 e. The number of esters is 1. The first-order chi connectivity index (χ1) is 7.43. The maximum atomic E-state index is 11.7. The summed E-state index contributed by atoms with van der Waals surface area (Å²) in [5, 5.41) is 0. The zero-order valence-corrected chi connectivity index (χ0v) is 12.7. The summed E-state index contributed by atoms with van der Waals surface area (Å²) in [6.07, 6.45) is 5.02. The van der Waals surface area contributed by atoms with Gasteiger partial charge in [0.05, 0.1) is 12.5 Å². The molecule has 0 rings (SSSR count). The SMILES string of the molecule is CCCCCCOC(=O)C(CC)C(S)(S)S. The molecule has 0 saturated carbocycles. The van der Waals surface area contributed by atoms with Crippen LogP contribution in [0.5, 0.6) is 0 Å². The zero-order valence-electron chi connectivity index (χ0n) is 9.98. The fraction of sp³-hybridized carbons (Fsp3) is 0.909. The lowest BCUT2D eigenvalue weighted by Crippen LogP contribution is -2.29. The number of hydrogen-bond donors (Lipinski definition) is 3. The van der Waals surface area contributed by atoms with Gasteiger partial charge < -0.3 is 4.74 Å². The summed E-state index contributed by atoms with van der Waals surface area (Å²) < 4.78 is 4.28. The molecule has 0 saturated heterocycles. The lowest BCUT2D eigenvalue weighted by atomic mass is 10.1. The van der Waals surface area contributed by atoms with E-state index in [9.17, 15) is 4.79 Å². The Labute approximate surface area is 115 Å². The van der Waals surface area contributed by atoms with E-state index in [0.29, 0.717) is 13.0 Å². The van der Waals surface area contributed by atoms with Crippen LogP contribution in [0.25, 0.3) is 0 Å². The van der Waals surface area contributed by atoms with E-state index >= 15 is 0 Å². The van der Waals surface area contributed by atoms with E-state index in [1.165, 1.54) is 12.8 Å². The van der Waals surface area contributed by atoms with E-state index in [1.807, 2.05) is 6.92 Å². The molecule has 1 unspecified atom stereocenters. The number of rotatable bonds is 8. The number of unbranched alkanes of at least 4 members (excludes halogenated alkanes) is 3. The Morgan fingerprint density at radius 3 is 2.25 bits per heavy atom. The van der Waals surface area contributed by atoms with Crippen molar-refractivity contribution in [2.75, 3.05) is 6.61 Å². The molecule has 1 atom stereocenters. The molecule has 0 spiro atoms. The standard InChI is InChI=1S/C11H22O2S3/c1-3-5-6-7-8-13-10(12)9(4-2)11(14,15)16/h9,14-16H,3-8H2,1-2H3. The largest absolute Gasteiger partial charge is 0.465 e. The van der Waals surface area contributed by atoms with Crippen molar-refractivity contribution in [2.24, 2.45) is 5.92 Å². The second-order valence-electron chi connectivity index (χ2n) is 3.88. The highest BCUT2D eigenvalue weighted by Gasteiger charge is 2.33. The van der Waals surface area contributed by atoms with Crippen LogP contribution in [0, 0.1) is 5.92 Å². The molecule has 0 aliphatic heterocycles. The van der Waals surface area contributed by atoms with Crippen molar-refractivity contribution in [1.29, 1.82) is 0 Å². The molecule has 0 aliphatic rings. The maximum absolute atomic E-state index is 11.7. The third kappa shape index (κ3) is 6.97. The third-order valence-electron chi connectivity index (χ3n) is 2.40. The van der Waals surface area contributed by atoms with Crippen LogP contribution >= 0.6 is 37.9 Å². The van der Waals surface area contributed by atoms with Crippen molar-refractivity contribution in [1.82, 2.24) is 0 Å². The van der Waals surface area contributed by atoms with Gasteiger partial charge in [-0.25, -0.2) is 0 Å². The fourth-order valence-corrected chi connectivity index (χ4v) is 2.26. The molecule has 16 heavy (non-hydrogen) atoms. The summed E-state index contributed by atoms with van der Waals surface area (Å²) in [6, 6.07) is 0. The highest BCUT2D eigenvalue weighted by molar-refractivity contribution is 8.17. The normalized spacial score (nSPS) is 13.6. The van der Waals surface area contributed by atoms with E-state index in [0.717, 1.165) is 12.8 Å². The van der Waals surface area contributed by atoms with Crippen LogP contribution in [0.3, 0.4) is 0 Å². The monoisotopic (exact) mass is 282 g/mol. The average Bonchev–Trinajstić information content (AvgIpc) is 2.16. The Balaban J connectivity index is 3.86. The molecule has 0 heterocycles. The van der Waals surface area contributed by atoms with Crippen molar-refractivity contribution < 1.29 is 9.53 Å². The highest BCUT2D eigenvalue weighted by Crippen LogP contribution is 2.36. The average molecular weight is 282 g/mol. The number of carbonyl (C=O) groups excluding carboxylic acids is 1. The van der Waals surface area contributed by atoms with Gasteiger partial charge in [0.25, 0.3) is 0 Å². The molecule has 0 aromatic rings. The van der Waals surface area contributed by atoms with Crippen LogP contribution in [-0.4, -0.2) is 16.0 Å². The first kappa shape index (κ1) is 16.5. The molecular formula is C11H22O2S3. The number of hydrogen-bond acceptors (Lipinski definition) is 5. The molecule has 0 aromatic carbocycles. The van der Waals surface area contributed by atoms with Gasteiger partial charge in [-0.1, -0.05) is 33.1 Å². The van der Waals surface area contributed by atoms with Gasteiger partial charge in [-0.05, 0) is 12.8 Å². The summed E-state index contributed by atoms with van der Waals surface area (Å²) in [7, 11) is 0. The van der Waals surface area contributed by atoms with Crippen molar-refractivity contribution in [2.45, 2.75) is 49.4 Å². The molecule has 96 valence electrons. The van der Waals surface area contributed by atoms with Gasteiger partial charge in [-0.15, -0.1) is 0 Å². The first-order valence-electron chi connectivity index (χ1n) is 5.77. The molecule has 0 fully saturated rings. The second-order valence-corrected chi connectivity index (χ2v) is 7.05. The molecule has 0 aromatic heterocycles. The molecule has 5 heteroatoms. The van der Waals surface area contributed by atoms with Gasteiger partial charge in [-0.3, -0.25) is 4.79 Å². The van der Waals surface area contributed by atoms with Crippen molar-refractivity contribution in [3.8, 4) is 0 Å². The van der Waals surface area contributed by atoms with Gasteiger partial charge in [0.1, 0.15) is 3.41 Å². The Kier molecular flexibility index (Phi) is 8.87. The Morgan fingerprint density at radius 2 is 1.81 bits per heavy atom. The van der Waals surface area contributed by atoms with Gasteiger partial charge in [-0.2, -0.15) is 37.9 Å². The minimum Gasteiger partial charge on any atom is -0.465 e. The number of thiol groups is 3. The van der Waals surface area contributed by atoms with Crippen LogP contribution in [0.4, 0.5) is 0 Å². The zero-order chi connectivity index (χ0) is 12.6. The topological polar surface area (TPSA) is 26.3 Å². The number of carbonyl (C=O) groups is 1. The Bertz CT molecular complexity index is 202. The van der Waals surface area contributed by atoms with E-state index in [2.05, 4.69) is 44.8 Å². The molecule has 0 amide bonds. The summed E-state index contributed by atoms with van der Waals surface area (Å²) in [5.41, 5.74) is 0. The highest BCUT2D eigenvalue weighted by atomic mass is 32.2. The lowest BCUT2D eigenvalue weighted by Gasteiger charge is -2.24. The molecule has 0 radical (unpaired) electrons. The summed E-state index contributed by atoms with van der Waals surface area (Å²) in [5.74, 6) is -0.632. The summed E-state index contributed by atoms with van der Waals surface area (Å²) >= 11 is 12.5. The van der Waals surface area contributed by atoms with Crippen LogP contribution in [0.1, 0.15) is 46.0 Å². The molecule has 0 bridgehead atoms. The van der Waals surface area contributed by atoms with Crippen LogP contribution in [-0.2, 0) is 9.53 Å². The minimum absolute atomic E-state index is 0.251.